The topological polar surface area (TPSA) is 68.8 Å². The lowest BCUT2D eigenvalue weighted by atomic mass is 10.00. The maximum atomic E-state index is 13.5. The molecule has 2 saturated heterocycles. The molecule has 2 N–H and O–H groups in total. The number of benzene rings is 2. The highest BCUT2D eigenvalue weighted by atomic mass is 16.5. The van der Waals surface area contributed by atoms with Gasteiger partial charge in [0, 0.05) is 40.4 Å². The average Bonchev–Trinajstić information content (AvgIpc) is 3.18. The first-order chi connectivity index (χ1) is 17.1. The minimum absolute atomic E-state index is 0.00116. The van der Waals surface area contributed by atoms with Crippen molar-refractivity contribution < 1.29 is 19.0 Å². The average molecular weight is 479 g/mol. The van der Waals surface area contributed by atoms with E-state index in [9.17, 15) is 4.79 Å². The summed E-state index contributed by atoms with van der Waals surface area (Å²) in [5.41, 5.74) is 2.96. The third kappa shape index (κ3) is 4.91. The first-order valence-corrected chi connectivity index (χ1v) is 13.4. The zero-order valence-corrected chi connectivity index (χ0v) is 21.2. The number of carbonyl (C=O) groups excluding carboxylic acids is 1. The number of rotatable bonds is 8. The molecular formula is C29H38N2O4. The highest BCUT2D eigenvalue weighted by Crippen LogP contribution is 2.49. The van der Waals surface area contributed by atoms with Gasteiger partial charge in [-0.05, 0) is 71.7 Å². The van der Waals surface area contributed by atoms with Crippen LogP contribution in [0.3, 0.4) is 0 Å². The fourth-order valence-electron chi connectivity index (χ4n) is 5.72. The molecule has 1 aliphatic carbocycles. The zero-order valence-electron chi connectivity index (χ0n) is 21.2. The van der Waals surface area contributed by atoms with Crippen molar-refractivity contribution in [3.8, 4) is 28.4 Å². The predicted octanol–water partition coefficient (Wildman–Crippen LogP) is 5.12. The van der Waals surface area contributed by atoms with E-state index in [4.69, 9.17) is 14.2 Å². The van der Waals surface area contributed by atoms with E-state index in [-0.39, 0.29) is 18.0 Å². The molecule has 2 heterocycles. The molecule has 5 rings (SSSR count). The Labute approximate surface area is 208 Å². The Morgan fingerprint density at radius 2 is 1.51 bits per heavy atom. The van der Waals surface area contributed by atoms with Gasteiger partial charge in [0.15, 0.2) is 5.78 Å². The SMILES string of the molecule is CCOc1cc(OC(C)C2CCCCN2)cc2c1-c1c(OC(C)C3CCCCN3)cccc1C2=O. The van der Waals surface area contributed by atoms with E-state index in [2.05, 4.69) is 24.5 Å². The van der Waals surface area contributed by atoms with Crippen LogP contribution in [0.2, 0.25) is 0 Å². The van der Waals surface area contributed by atoms with Crippen molar-refractivity contribution in [1.82, 2.24) is 10.6 Å². The van der Waals surface area contributed by atoms with Crippen molar-refractivity contribution in [1.29, 1.82) is 0 Å². The van der Waals surface area contributed by atoms with Crippen LogP contribution in [0.1, 0.15) is 75.2 Å². The van der Waals surface area contributed by atoms with Gasteiger partial charge >= 0.3 is 0 Å². The van der Waals surface area contributed by atoms with E-state index in [0.717, 1.165) is 42.8 Å². The molecule has 3 aliphatic rings. The van der Waals surface area contributed by atoms with E-state index >= 15 is 0 Å². The summed E-state index contributed by atoms with van der Waals surface area (Å²) in [4.78, 5) is 13.5. The molecule has 2 fully saturated rings. The van der Waals surface area contributed by atoms with E-state index < -0.39 is 0 Å². The van der Waals surface area contributed by atoms with Crippen molar-refractivity contribution in [3.05, 3.63) is 41.5 Å². The van der Waals surface area contributed by atoms with Crippen molar-refractivity contribution in [2.24, 2.45) is 0 Å². The number of hydrogen-bond donors (Lipinski definition) is 2. The first kappa shape index (κ1) is 24.1. The summed E-state index contributed by atoms with van der Waals surface area (Å²) in [5.74, 6) is 2.09. The Hall–Kier alpha value is -2.57. The van der Waals surface area contributed by atoms with Gasteiger partial charge in [-0.2, -0.15) is 0 Å². The van der Waals surface area contributed by atoms with Gasteiger partial charge in [-0.15, -0.1) is 0 Å². The van der Waals surface area contributed by atoms with Crippen LogP contribution in [0.15, 0.2) is 30.3 Å². The normalized spacial score (nSPS) is 23.2. The molecule has 0 aromatic heterocycles. The molecule has 2 aliphatic heterocycles. The van der Waals surface area contributed by atoms with E-state index in [0.29, 0.717) is 41.3 Å². The van der Waals surface area contributed by atoms with Crippen LogP contribution >= 0.6 is 0 Å². The van der Waals surface area contributed by atoms with Crippen LogP contribution in [0.5, 0.6) is 17.2 Å². The lowest BCUT2D eigenvalue weighted by molar-refractivity contribution is 0.104. The summed E-state index contributed by atoms with van der Waals surface area (Å²) in [7, 11) is 0. The molecule has 188 valence electrons. The van der Waals surface area contributed by atoms with Crippen molar-refractivity contribution in [2.75, 3.05) is 19.7 Å². The Bertz CT molecular complexity index is 1060. The molecule has 0 spiro atoms. The Kier molecular flexibility index (Phi) is 7.30. The third-order valence-corrected chi connectivity index (χ3v) is 7.61. The van der Waals surface area contributed by atoms with Crippen LogP contribution in [-0.2, 0) is 0 Å². The smallest absolute Gasteiger partial charge is 0.194 e. The van der Waals surface area contributed by atoms with E-state index in [1.165, 1.54) is 25.7 Å². The second-order valence-electron chi connectivity index (χ2n) is 10.0. The lowest BCUT2D eigenvalue weighted by Gasteiger charge is -2.30. The van der Waals surface area contributed by atoms with Crippen LogP contribution in [-0.4, -0.2) is 49.8 Å². The first-order valence-electron chi connectivity index (χ1n) is 13.4. The molecular weight excluding hydrogens is 440 g/mol. The molecule has 0 radical (unpaired) electrons. The fraction of sp³-hybridized carbons (Fsp3) is 0.552. The van der Waals surface area contributed by atoms with Crippen LogP contribution in [0.25, 0.3) is 11.1 Å². The quantitative estimate of drug-likeness (QED) is 0.469. The Balaban J connectivity index is 1.47. The van der Waals surface area contributed by atoms with Gasteiger partial charge in [0.1, 0.15) is 29.5 Å². The van der Waals surface area contributed by atoms with Gasteiger partial charge in [0.25, 0.3) is 0 Å². The number of ether oxygens (including phenoxy) is 3. The monoisotopic (exact) mass is 478 g/mol. The highest BCUT2D eigenvalue weighted by Gasteiger charge is 2.35. The maximum Gasteiger partial charge on any atom is 0.194 e. The molecule has 4 unspecified atom stereocenters. The summed E-state index contributed by atoms with van der Waals surface area (Å²) in [6.07, 6.45) is 7.06. The van der Waals surface area contributed by atoms with Gasteiger partial charge in [0.2, 0.25) is 0 Å². The summed E-state index contributed by atoms with van der Waals surface area (Å²) in [6, 6.07) is 10.2. The molecule has 2 aromatic rings. The number of carbonyl (C=O) groups is 1. The van der Waals surface area contributed by atoms with E-state index in [1.807, 2.05) is 37.3 Å². The molecule has 6 heteroatoms. The summed E-state index contributed by atoms with van der Waals surface area (Å²) >= 11 is 0. The van der Waals surface area contributed by atoms with Gasteiger partial charge in [-0.25, -0.2) is 0 Å². The lowest BCUT2D eigenvalue weighted by Crippen LogP contribution is -2.44. The maximum absolute atomic E-state index is 13.5. The molecule has 4 atom stereocenters. The molecule has 2 aromatic carbocycles. The largest absolute Gasteiger partial charge is 0.493 e. The molecule has 6 nitrogen and oxygen atoms in total. The molecule has 0 saturated carbocycles. The van der Waals surface area contributed by atoms with Gasteiger partial charge in [0.05, 0.1) is 6.61 Å². The molecule has 35 heavy (non-hydrogen) atoms. The van der Waals surface area contributed by atoms with Gasteiger partial charge in [-0.1, -0.05) is 25.0 Å². The predicted molar refractivity (Wildman–Crippen MR) is 138 cm³/mol. The third-order valence-electron chi connectivity index (χ3n) is 7.61. The number of ketones is 1. The zero-order chi connectivity index (χ0) is 24.4. The number of hydrogen-bond acceptors (Lipinski definition) is 6. The number of piperidine rings is 2. The van der Waals surface area contributed by atoms with Gasteiger partial charge in [-0.3, -0.25) is 4.79 Å². The number of fused-ring (bicyclic) bond motifs is 3. The van der Waals surface area contributed by atoms with Crippen LogP contribution < -0.4 is 24.8 Å². The molecule has 0 amide bonds. The van der Waals surface area contributed by atoms with Crippen molar-refractivity contribution in [3.63, 3.8) is 0 Å². The summed E-state index contributed by atoms with van der Waals surface area (Å²) in [5, 5.41) is 7.14. The van der Waals surface area contributed by atoms with Crippen LogP contribution in [0.4, 0.5) is 0 Å². The van der Waals surface area contributed by atoms with Crippen molar-refractivity contribution >= 4 is 5.78 Å². The van der Waals surface area contributed by atoms with E-state index in [1.54, 1.807) is 0 Å². The minimum atomic E-state index is -0.00116. The fourth-order valence-corrected chi connectivity index (χ4v) is 5.72. The molecule has 0 bridgehead atoms. The standard InChI is InChI=1S/C29H38N2O4/c1-4-33-26-17-20(34-18(2)23-11-5-7-14-30-23)16-22-28(26)27-21(29(22)32)10-9-13-25(27)35-19(3)24-12-6-8-15-31-24/h9-10,13,16-19,23-24,30-31H,4-8,11-12,14-15H2,1-3H3. The van der Waals surface area contributed by atoms with Gasteiger partial charge < -0.3 is 24.8 Å². The minimum Gasteiger partial charge on any atom is -0.493 e. The summed E-state index contributed by atoms with van der Waals surface area (Å²) in [6.45, 7) is 8.73. The second-order valence-corrected chi connectivity index (χ2v) is 10.0. The van der Waals surface area contributed by atoms with Crippen molar-refractivity contribution in [2.45, 2.75) is 83.6 Å². The Morgan fingerprint density at radius 3 is 2.14 bits per heavy atom. The number of nitrogens with one attached hydrogen (secondary N) is 2. The second kappa shape index (κ2) is 10.6. The highest BCUT2D eigenvalue weighted by molar-refractivity contribution is 6.23. The Morgan fingerprint density at radius 1 is 0.857 bits per heavy atom. The summed E-state index contributed by atoms with van der Waals surface area (Å²) < 4.78 is 18.9. The van der Waals surface area contributed by atoms with Crippen LogP contribution in [0, 0.1) is 0 Å².